The topological polar surface area (TPSA) is 118 Å². The van der Waals surface area contributed by atoms with Crippen molar-refractivity contribution >= 4 is 11.2 Å². The number of halogens is 1. The zero-order chi connectivity index (χ0) is 26.9. The highest BCUT2D eigenvalue weighted by Crippen LogP contribution is 2.32. The summed E-state index contributed by atoms with van der Waals surface area (Å²) in [5, 5.41) is 26.6. The Hall–Kier alpha value is -3.92. The number of aromatic nitrogens is 6. The molecule has 2 saturated heterocycles. The van der Waals surface area contributed by atoms with Gasteiger partial charge in [0.05, 0.1) is 60.3 Å². The van der Waals surface area contributed by atoms with Gasteiger partial charge in [0.25, 0.3) is 0 Å². The van der Waals surface area contributed by atoms with Crippen LogP contribution in [0.3, 0.4) is 0 Å². The minimum atomic E-state index is -0.428. The van der Waals surface area contributed by atoms with Gasteiger partial charge in [0, 0.05) is 38.5 Å². The van der Waals surface area contributed by atoms with Crippen molar-refractivity contribution < 1.29 is 13.9 Å². The predicted octanol–water partition coefficient (Wildman–Crippen LogP) is 3.14. The van der Waals surface area contributed by atoms with Crippen LogP contribution in [0.1, 0.15) is 41.9 Å². The van der Waals surface area contributed by atoms with Crippen molar-refractivity contribution in [2.24, 2.45) is 0 Å². The third-order valence-corrected chi connectivity index (χ3v) is 7.76. The van der Waals surface area contributed by atoms with Crippen LogP contribution in [0.15, 0.2) is 36.8 Å². The van der Waals surface area contributed by atoms with Crippen LogP contribution < -0.4 is 5.32 Å². The summed E-state index contributed by atoms with van der Waals surface area (Å²) in [7, 11) is 1.58. The Morgan fingerprint density at radius 2 is 2.05 bits per heavy atom. The van der Waals surface area contributed by atoms with Gasteiger partial charge in [-0.25, -0.2) is 13.6 Å². The van der Waals surface area contributed by atoms with Gasteiger partial charge in [0.2, 0.25) is 0 Å². The molecule has 11 nitrogen and oxygen atoms in total. The number of likely N-dealkylation sites (tertiary alicyclic amines) is 1. The van der Waals surface area contributed by atoms with Gasteiger partial charge in [-0.1, -0.05) is 5.21 Å². The van der Waals surface area contributed by atoms with E-state index in [1.807, 2.05) is 23.9 Å². The van der Waals surface area contributed by atoms with Crippen LogP contribution in [-0.4, -0.2) is 80.5 Å². The van der Waals surface area contributed by atoms with E-state index in [0.29, 0.717) is 41.1 Å². The van der Waals surface area contributed by atoms with Gasteiger partial charge >= 0.3 is 0 Å². The highest BCUT2D eigenvalue weighted by molar-refractivity contribution is 5.82. The predicted molar refractivity (Wildman–Crippen MR) is 141 cm³/mol. The molecule has 1 atom stereocenters. The molecule has 1 unspecified atom stereocenters. The number of hydrogen-bond acceptors (Lipinski definition) is 9. The fourth-order valence-corrected chi connectivity index (χ4v) is 5.44. The largest absolute Gasteiger partial charge is 0.380 e. The van der Waals surface area contributed by atoms with Crippen molar-refractivity contribution in [2.45, 2.75) is 38.0 Å². The molecule has 202 valence electrons. The van der Waals surface area contributed by atoms with Gasteiger partial charge < -0.3 is 14.8 Å². The second-order valence-corrected chi connectivity index (χ2v) is 10.0. The Bertz CT molecular complexity index is 1500. The average molecular weight is 532 g/mol. The third-order valence-electron chi connectivity index (χ3n) is 7.76. The van der Waals surface area contributed by atoms with Gasteiger partial charge in [0.15, 0.2) is 0 Å². The number of anilines is 1. The minimum absolute atomic E-state index is 0.297. The molecule has 6 heterocycles. The number of methoxy groups -OCH3 is 1. The van der Waals surface area contributed by atoms with Crippen LogP contribution in [0, 0.1) is 24.1 Å². The lowest BCUT2D eigenvalue weighted by atomic mass is 10.0. The smallest absolute Gasteiger partial charge is 0.141 e. The summed E-state index contributed by atoms with van der Waals surface area (Å²) in [6, 6.07) is 7.99. The van der Waals surface area contributed by atoms with Crippen LogP contribution in [-0.2, 0) is 9.47 Å². The van der Waals surface area contributed by atoms with Gasteiger partial charge in [-0.15, -0.1) is 5.10 Å². The molecular weight excluding hydrogens is 501 g/mol. The second-order valence-electron chi connectivity index (χ2n) is 10.0. The van der Waals surface area contributed by atoms with E-state index in [4.69, 9.17) is 9.47 Å². The maximum Gasteiger partial charge on any atom is 0.141 e. The molecule has 0 aromatic carbocycles. The monoisotopic (exact) mass is 531 g/mol. The summed E-state index contributed by atoms with van der Waals surface area (Å²) in [6.45, 7) is 6.12. The number of nitriles is 1. The van der Waals surface area contributed by atoms with Gasteiger partial charge in [-0.05, 0) is 38.0 Å². The molecule has 0 amide bonds. The molecule has 0 aliphatic carbocycles. The van der Waals surface area contributed by atoms with Gasteiger partial charge in [-0.3, -0.25) is 9.88 Å². The van der Waals surface area contributed by atoms with Crippen molar-refractivity contribution in [3.05, 3.63) is 59.6 Å². The first kappa shape index (κ1) is 25.4. The standard InChI is InChI=1S/C27H30FN9O2/c1-17-26(33-34-37(17)21-5-7-35(8-6-21)22-15-39-16-22)18-9-24(27-19(10-29)11-32-36(27)14-18)31-13-25(38-2)23-4-3-20(28)12-30-23/h3-4,9,11-12,14,21-22,25,31H,5-8,13,15-16H2,1-2H3. The Kier molecular flexibility index (Phi) is 6.95. The minimum Gasteiger partial charge on any atom is -0.380 e. The summed E-state index contributed by atoms with van der Waals surface area (Å²) in [5.41, 5.74) is 5.00. The Balaban J connectivity index is 1.27. The molecule has 12 heteroatoms. The van der Waals surface area contributed by atoms with Crippen molar-refractivity contribution in [3.8, 4) is 17.3 Å². The number of nitrogens with zero attached hydrogens (tertiary/aromatic N) is 8. The van der Waals surface area contributed by atoms with Crippen molar-refractivity contribution in [2.75, 3.05) is 45.3 Å². The normalized spacial score (nSPS) is 17.7. The summed E-state index contributed by atoms with van der Waals surface area (Å²) in [4.78, 5) is 6.67. The van der Waals surface area contributed by atoms with Crippen molar-refractivity contribution in [3.63, 3.8) is 0 Å². The zero-order valence-corrected chi connectivity index (χ0v) is 21.9. The number of nitrogens with one attached hydrogen (secondary N) is 1. The molecule has 1 N–H and O–H groups in total. The zero-order valence-electron chi connectivity index (χ0n) is 21.9. The number of piperidine rings is 1. The van der Waals surface area contributed by atoms with E-state index in [-0.39, 0.29) is 0 Å². The van der Waals surface area contributed by atoms with E-state index in [9.17, 15) is 9.65 Å². The van der Waals surface area contributed by atoms with Crippen LogP contribution in [0.2, 0.25) is 0 Å². The molecular formula is C27H30FN9O2. The highest BCUT2D eigenvalue weighted by Gasteiger charge is 2.31. The number of ether oxygens (including phenoxy) is 2. The lowest BCUT2D eigenvalue weighted by Gasteiger charge is -2.41. The summed E-state index contributed by atoms with van der Waals surface area (Å²) < 4.78 is 28.1. The number of rotatable bonds is 8. The molecule has 4 aromatic heterocycles. The molecule has 4 aromatic rings. The lowest BCUT2D eigenvalue weighted by molar-refractivity contribution is -0.0735. The van der Waals surface area contributed by atoms with E-state index >= 15 is 0 Å². The lowest BCUT2D eigenvalue weighted by Crippen LogP contribution is -2.52. The molecule has 0 saturated carbocycles. The van der Waals surface area contributed by atoms with Crippen LogP contribution in [0.5, 0.6) is 0 Å². The van der Waals surface area contributed by atoms with Gasteiger partial charge in [0.1, 0.15) is 29.2 Å². The van der Waals surface area contributed by atoms with Crippen LogP contribution in [0.4, 0.5) is 10.1 Å². The first-order valence-electron chi connectivity index (χ1n) is 13.1. The first-order chi connectivity index (χ1) is 19.1. The van der Waals surface area contributed by atoms with E-state index < -0.39 is 11.9 Å². The summed E-state index contributed by atoms with van der Waals surface area (Å²) in [6.07, 6.45) is 6.20. The second kappa shape index (κ2) is 10.7. The molecule has 0 spiro atoms. The molecule has 39 heavy (non-hydrogen) atoms. The highest BCUT2D eigenvalue weighted by atomic mass is 19.1. The SMILES string of the molecule is COC(CNc1cc(-c2nnn(C3CCN(C4COC4)CC3)c2C)cn2ncc(C#N)c12)c1ccc(F)cn1. The van der Waals surface area contributed by atoms with E-state index in [2.05, 4.69) is 36.7 Å². The quantitative estimate of drug-likeness (QED) is 0.366. The maximum atomic E-state index is 13.4. The molecule has 2 aliphatic rings. The fourth-order valence-electron chi connectivity index (χ4n) is 5.44. The van der Waals surface area contributed by atoms with E-state index in [1.54, 1.807) is 23.9 Å². The Labute approximate surface area is 225 Å². The summed E-state index contributed by atoms with van der Waals surface area (Å²) in [5.74, 6) is -0.407. The van der Waals surface area contributed by atoms with E-state index in [0.717, 1.165) is 56.1 Å². The molecule has 2 fully saturated rings. The van der Waals surface area contributed by atoms with Crippen LogP contribution >= 0.6 is 0 Å². The Morgan fingerprint density at radius 3 is 2.72 bits per heavy atom. The maximum absolute atomic E-state index is 13.4. The van der Waals surface area contributed by atoms with Crippen molar-refractivity contribution in [1.82, 2.24) is 34.5 Å². The third kappa shape index (κ3) is 4.85. The molecule has 0 radical (unpaired) electrons. The first-order valence-corrected chi connectivity index (χ1v) is 13.1. The Morgan fingerprint density at radius 1 is 1.23 bits per heavy atom. The van der Waals surface area contributed by atoms with E-state index in [1.165, 1.54) is 12.3 Å². The molecule has 6 rings (SSSR count). The summed E-state index contributed by atoms with van der Waals surface area (Å²) >= 11 is 0. The number of hydrogen-bond donors (Lipinski definition) is 1. The molecule has 2 aliphatic heterocycles. The average Bonchev–Trinajstić information content (AvgIpc) is 3.52. The van der Waals surface area contributed by atoms with Gasteiger partial charge in [-0.2, -0.15) is 10.4 Å². The fraction of sp³-hybridized carbons (Fsp3) is 0.444. The van der Waals surface area contributed by atoms with Crippen LogP contribution in [0.25, 0.3) is 16.8 Å². The number of fused-ring (bicyclic) bond motifs is 1. The van der Waals surface area contributed by atoms with Crippen molar-refractivity contribution in [1.29, 1.82) is 5.26 Å². The number of pyridine rings is 2. The molecule has 0 bridgehead atoms.